The molecular formula is C9H6Cl2N2. The normalized spacial score (nSPS) is 10.6. The van der Waals surface area contributed by atoms with Gasteiger partial charge in [0.2, 0.25) is 0 Å². The van der Waals surface area contributed by atoms with Gasteiger partial charge in [-0.05, 0) is 0 Å². The quantitative estimate of drug-likeness (QED) is 0.682. The van der Waals surface area contributed by atoms with Crippen molar-refractivity contribution in [1.82, 2.24) is 4.98 Å². The van der Waals surface area contributed by atoms with Crippen molar-refractivity contribution in [2.75, 3.05) is 5.73 Å². The van der Waals surface area contributed by atoms with E-state index in [0.717, 1.165) is 10.8 Å². The fourth-order valence-corrected chi connectivity index (χ4v) is 1.62. The third kappa shape index (κ3) is 1.32. The highest BCUT2D eigenvalue weighted by Gasteiger charge is 2.07. The number of benzene rings is 1. The van der Waals surface area contributed by atoms with Crippen LogP contribution in [0.25, 0.3) is 10.8 Å². The van der Waals surface area contributed by atoms with Gasteiger partial charge in [-0.25, -0.2) is 4.98 Å². The summed E-state index contributed by atoms with van der Waals surface area (Å²) in [7, 11) is 0. The van der Waals surface area contributed by atoms with E-state index < -0.39 is 0 Å². The molecule has 1 aromatic heterocycles. The third-order valence-corrected chi connectivity index (χ3v) is 2.59. The van der Waals surface area contributed by atoms with Gasteiger partial charge < -0.3 is 5.73 Å². The van der Waals surface area contributed by atoms with Crippen LogP contribution >= 0.6 is 23.2 Å². The highest BCUT2D eigenvalue weighted by Crippen LogP contribution is 2.31. The van der Waals surface area contributed by atoms with E-state index in [1.165, 1.54) is 0 Å². The fourth-order valence-electron chi connectivity index (χ4n) is 1.22. The number of anilines is 1. The van der Waals surface area contributed by atoms with Gasteiger partial charge in [-0.3, -0.25) is 0 Å². The minimum atomic E-state index is 0.248. The van der Waals surface area contributed by atoms with Gasteiger partial charge in [0.05, 0.1) is 5.02 Å². The Morgan fingerprint density at radius 1 is 1.08 bits per heavy atom. The molecule has 0 aliphatic heterocycles. The first-order chi connectivity index (χ1) is 6.20. The van der Waals surface area contributed by atoms with Gasteiger partial charge in [-0.1, -0.05) is 47.5 Å². The molecule has 2 N–H and O–H groups in total. The van der Waals surface area contributed by atoms with E-state index in [0.29, 0.717) is 10.8 Å². The van der Waals surface area contributed by atoms with Crippen molar-refractivity contribution >= 4 is 39.8 Å². The molecule has 2 aromatic rings. The van der Waals surface area contributed by atoms with Crippen molar-refractivity contribution in [2.45, 2.75) is 0 Å². The smallest absolute Gasteiger partial charge is 0.150 e. The number of fused-ring (bicyclic) bond motifs is 1. The molecule has 0 fully saturated rings. The second-order valence-corrected chi connectivity index (χ2v) is 3.38. The number of aromatic nitrogens is 1. The standard InChI is InChI=1S/C9H6Cl2N2/c10-7-5-3-1-2-4-6(5)9(12)13-8(7)11/h1-4H,(H2,12,13). The zero-order valence-electron chi connectivity index (χ0n) is 6.59. The lowest BCUT2D eigenvalue weighted by Gasteiger charge is -2.04. The Hall–Kier alpha value is -0.990. The van der Waals surface area contributed by atoms with E-state index >= 15 is 0 Å². The van der Waals surface area contributed by atoms with Gasteiger partial charge in [-0.2, -0.15) is 0 Å². The summed E-state index contributed by atoms with van der Waals surface area (Å²) < 4.78 is 0. The molecule has 0 radical (unpaired) electrons. The fraction of sp³-hybridized carbons (Fsp3) is 0. The summed E-state index contributed by atoms with van der Waals surface area (Å²) >= 11 is 11.7. The number of hydrogen-bond acceptors (Lipinski definition) is 2. The molecule has 4 heteroatoms. The van der Waals surface area contributed by atoms with Crippen LogP contribution in [0.3, 0.4) is 0 Å². The SMILES string of the molecule is Nc1nc(Cl)c(Cl)c2ccccc12. The van der Waals surface area contributed by atoms with Crippen molar-refractivity contribution in [2.24, 2.45) is 0 Å². The Morgan fingerprint density at radius 2 is 1.69 bits per heavy atom. The lowest BCUT2D eigenvalue weighted by atomic mass is 10.2. The molecule has 0 aliphatic rings. The summed E-state index contributed by atoms with van der Waals surface area (Å²) in [4.78, 5) is 3.91. The summed E-state index contributed by atoms with van der Waals surface area (Å²) in [5.74, 6) is 0.407. The highest BCUT2D eigenvalue weighted by atomic mass is 35.5. The van der Waals surface area contributed by atoms with Crippen molar-refractivity contribution in [3.05, 3.63) is 34.4 Å². The molecule has 2 rings (SSSR count). The largest absolute Gasteiger partial charge is 0.383 e. The number of rotatable bonds is 0. The Kier molecular flexibility index (Phi) is 2.02. The molecule has 0 amide bonds. The number of pyridine rings is 1. The molecular weight excluding hydrogens is 207 g/mol. The van der Waals surface area contributed by atoms with Crippen LogP contribution in [0.1, 0.15) is 0 Å². The van der Waals surface area contributed by atoms with Crippen molar-refractivity contribution in [3.63, 3.8) is 0 Å². The summed E-state index contributed by atoms with van der Waals surface area (Å²) in [6.45, 7) is 0. The van der Waals surface area contributed by atoms with Gasteiger partial charge in [0, 0.05) is 10.8 Å². The van der Waals surface area contributed by atoms with Crippen LogP contribution in [0.5, 0.6) is 0 Å². The number of nitrogen functional groups attached to an aromatic ring is 1. The van der Waals surface area contributed by atoms with Crippen LogP contribution in [-0.2, 0) is 0 Å². The lowest BCUT2D eigenvalue weighted by molar-refractivity contribution is 1.37. The molecule has 1 aromatic carbocycles. The zero-order chi connectivity index (χ0) is 9.42. The first kappa shape index (κ1) is 8.60. The van der Waals surface area contributed by atoms with E-state index in [4.69, 9.17) is 28.9 Å². The molecule has 0 bridgehead atoms. The summed E-state index contributed by atoms with van der Waals surface area (Å²) in [5.41, 5.74) is 5.67. The lowest BCUT2D eigenvalue weighted by Crippen LogP contribution is -1.92. The molecule has 13 heavy (non-hydrogen) atoms. The van der Waals surface area contributed by atoms with E-state index in [2.05, 4.69) is 4.98 Å². The highest BCUT2D eigenvalue weighted by molar-refractivity contribution is 6.44. The Labute approximate surface area is 85.3 Å². The molecule has 0 atom stereocenters. The number of nitrogens with zero attached hydrogens (tertiary/aromatic N) is 1. The second-order valence-electron chi connectivity index (χ2n) is 2.65. The maximum Gasteiger partial charge on any atom is 0.150 e. The minimum absolute atomic E-state index is 0.248. The van der Waals surface area contributed by atoms with E-state index in [9.17, 15) is 0 Å². The summed E-state index contributed by atoms with van der Waals surface area (Å²) in [6.07, 6.45) is 0. The third-order valence-electron chi connectivity index (χ3n) is 1.84. The van der Waals surface area contributed by atoms with Crippen LogP contribution in [0.2, 0.25) is 10.2 Å². The van der Waals surface area contributed by atoms with Crippen molar-refractivity contribution < 1.29 is 0 Å². The zero-order valence-corrected chi connectivity index (χ0v) is 8.10. The van der Waals surface area contributed by atoms with E-state index in [-0.39, 0.29) is 5.15 Å². The van der Waals surface area contributed by atoms with Gasteiger partial charge in [0.25, 0.3) is 0 Å². The molecule has 0 saturated carbocycles. The summed E-state index contributed by atoms with van der Waals surface area (Å²) in [6, 6.07) is 7.48. The number of nitrogens with two attached hydrogens (primary N) is 1. The maximum absolute atomic E-state index is 5.95. The van der Waals surface area contributed by atoms with E-state index in [1.54, 1.807) is 0 Å². The van der Waals surface area contributed by atoms with Crippen LogP contribution < -0.4 is 5.73 Å². The van der Waals surface area contributed by atoms with Gasteiger partial charge in [0.15, 0.2) is 5.15 Å². The second kappa shape index (κ2) is 3.05. The molecule has 0 aliphatic carbocycles. The topological polar surface area (TPSA) is 38.9 Å². The number of hydrogen-bond donors (Lipinski definition) is 1. The molecule has 0 spiro atoms. The molecule has 0 saturated heterocycles. The van der Waals surface area contributed by atoms with Crippen LogP contribution in [0, 0.1) is 0 Å². The Balaban J connectivity index is 2.97. The summed E-state index contributed by atoms with van der Waals surface area (Å²) in [5, 5.41) is 2.36. The van der Waals surface area contributed by atoms with Crippen molar-refractivity contribution in [3.8, 4) is 0 Å². The van der Waals surface area contributed by atoms with Crippen LogP contribution in [-0.4, -0.2) is 4.98 Å². The predicted octanol–water partition coefficient (Wildman–Crippen LogP) is 3.12. The molecule has 0 unspecified atom stereocenters. The molecule has 66 valence electrons. The van der Waals surface area contributed by atoms with Gasteiger partial charge in [0.1, 0.15) is 5.82 Å². The first-order valence-corrected chi connectivity index (χ1v) is 4.45. The number of halogens is 2. The Bertz CT molecular complexity index is 468. The first-order valence-electron chi connectivity index (χ1n) is 3.69. The average molecular weight is 213 g/mol. The van der Waals surface area contributed by atoms with Gasteiger partial charge in [-0.15, -0.1) is 0 Å². The van der Waals surface area contributed by atoms with Crippen molar-refractivity contribution in [1.29, 1.82) is 0 Å². The average Bonchev–Trinajstić information content (AvgIpc) is 2.15. The van der Waals surface area contributed by atoms with Crippen LogP contribution in [0.4, 0.5) is 5.82 Å². The minimum Gasteiger partial charge on any atom is -0.383 e. The molecule has 1 heterocycles. The van der Waals surface area contributed by atoms with E-state index in [1.807, 2.05) is 24.3 Å². The molecule has 2 nitrogen and oxygen atoms in total. The van der Waals surface area contributed by atoms with Crippen LogP contribution in [0.15, 0.2) is 24.3 Å². The van der Waals surface area contributed by atoms with Gasteiger partial charge >= 0.3 is 0 Å². The Morgan fingerprint density at radius 3 is 2.38 bits per heavy atom. The maximum atomic E-state index is 5.95. The monoisotopic (exact) mass is 212 g/mol. The predicted molar refractivity (Wildman–Crippen MR) is 56.2 cm³/mol.